The summed E-state index contributed by atoms with van der Waals surface area (Å²) < 4.78 is 0. The van der Waals surface area contributed by atoms with Gasteiger partial charge in [-0.25, -0.2) is 9.78 Å². The first-order valence-corrected chi connectivity index (χ1v) is 10.9. The van der Waals surface area contributed by atoms with E-state index in [2.05, 4.69) is 16.0 Å². The van der Waals surface area contributed by atoms with Gasteiger partial charge in [0.25, 0.3) is 5.91 Å². The number of hydrogen-bond acceptors (Lipinski definition) is 5. The summed E-state index contributed by atoms with van der Waals surface area (Å²) in [5.74, 6) is 1.16. The molecular weight excluding hydrogens is 390 g/mol. The molecule has 1 aromatic heterocycles. The van der Waals surface area contributed by atoms with Crippen LogP contribution >= 0.6 is 0 Å². The molecular formula is C24H25N5O2. The predicted octanol–water partition coefficient (Wildman–Crippen LogP) is 3.17. The maximum Gasteiger partial charge on any atom is 0.327 e. The molecule has 7 nitrogen and oxygen atoms in total. The normalized spacial score (nSPS) is 20.4. The molecule has 2 aromatic rings. The number of hydrogen-bond donors (Lipinski definition) is 0. The zero-order valence-corrected chi connectivity index (χ0v) is 17.4. The molecule has 3 aliphatic rings. The average molecular weight is 415 g/mol. The van der Waals surface area contributed by atoms with Gasteiger partial charge in [-0.15, -0.1) is 0 Å². The maximum atomic E-state index is 13.6. The van der Waals surface area contributed by atoms with Gasteiger partial charge in [-0.2, -0.15) is 5.26 Å². The van der Waals surface area contributed by atoms with Gasteiger partial charge in [-0.1, -0.05) is 36.4 Å². The van der Waals surface area contributed by atoms with Crippen molar-refractivity contribution in [1.29, 1.82) is 5.26 Å². The number of nitrogens with zero attached hydrogens (tertiary/aromatic N) is 5. The van der Waals surface area contributed by atoms with Crippen molar-refractivity contribution in [3.63, 3.8) is 0 Å². The Morgan fingerprint density at radius 3 is 2.45 bits per heavy atom. The van der Waals surface area contributed by atoms with Crippen LogP contribution in [0.25, 0.3) is 0 Å². The molecule has 1 aromatic carbocycles. The number of imide groups is 1. The van der Waals surface area contributed by atoms with Crippen molar-refractivity contribution in [3.05, 3.63) is 59.8 Å². The minimum Gasteiger partial charge on any atom is -0.356 e. The Balaban J connectivity index is 1.41. The number of nitriles is 1. The Hall–Kier alpha value is -3.40. The molecule has 5 rings (SSSR count). The number of piperidine rings is 1. The lowest BCUT2D eigenvalue weighted by molar-refractivity contribution is -0.134. The van der Waals surface area contributed by atoms with Crippen molar-refractivity contribution in [2.75, 3.05) is 24.5 Å². The molecule has 0 bridgehead atoms. The largest absolute Gasteiger partial charge is 0.356 e. The zero-order valence-electron chi connectivity index (χ0n) is 17.4. The van der Waals surface area contributed by atoms with Gasteiger partial charge in [0.1, 0.15) is 23.1 Å². The van der Waals surface area contributed by atoms with Crippen LogP contribution in [0.5, 0.6) is 0 Å². The topological polar surface area (TPSA) is 80.5 Å². The molecule has 0 radical (unpaired) electrons. The fourth-order valence-electron chi connectivity index (χ4n) is 4.74. The van der Waals surface area contributed by atoms with Crippen molar-refractivity contribution >= 4 is 17.8 Å². The van der Waals surface area contributed by atoms with Gasteiger partial charge in [0.2, 0.25) is 0 Å². The van der Waals surface area contributed by atoms with Crippen molar-refractivity contribution in [3.8, 4) is 6.07 Å². The monoisotopic (exact) mass is 415 g/mol. The third-order valence-corrected chi connectivity index (χ3v) is 6.71. The van der Waals surface area contributed by atoms with Crippen molar-refractivity contribution in [2.24, 2.45) is 5.92 Å². The number of anilines is 1. The van der Waals surface area contributed by atoms with E-state index < -0.39 is 5.54 Å². The lowest BCUT2D eigenvalue weighted by atomic mass is 9.85. The van der Waals surface area contributed by atoms with E-state index in [0.717, 1.165) is 24.2 Å². The first-order valence-electron chi connectivity index (χ1n) is 10.9. The highest BCUT2D eigenvalue weighted by molar-refractivity contribution is 6.07. The zero-order chi connectivity index (χ0) is 21.4. The maximum absolute atomic E-state index is 13.6. The summed E-state index contributed by atoms with van der Waals surface area (Å²) in [4.78, 5) is 36.8. The van der Waals surface area contributed by atoms with E-state index >= 15 is 0 Å². The second-order valence-electron chi connectivity index (χ2n) is 8.72. The Labute approximate surface area is 181 Å². The van der Waals surface area contributed by atoms with Gasteiger partial charge in [0, 0.05) is 26.2 Å². The third kappa shape index (κ3) is 3.52. The van der Waals surface area contributed by atoms with E-state index in [-0.39, 0.29) is 11.9 Å². The van der Waals surface area contributed by atoms with Crippen LogP contribution in [-0.2, 0) is 11.3 Å². The number of pyridine rings is 1. The lowest BCUT2D eigenvalue weighted by Crippen LogP contribution is -2.56. The fraction of sp³-hybridized carbons (Fsp3) is 0.417. The van der Waals surface area contributed by atoms with Gasteiger partial charge in [0.05, 0.1) is 0 Å². The average Bonchev–Trinajstić information content (AvgIpc) is 3.62. The number of amides is 3. The SMILES string of the molecule is N#Cc1cccc(N2CCC3(CC2)C(=O)N(CC2CC2)C(=O)N3Cc2ccccc2)n1. The second-order valence-corrected chi connectivity index (χ2v) is 8.72. The van der Waals surface area contributed by atoms with Gasteiger partial charge in [-0.05, 0) is 49.3 Å². The highest BCUT2D eigenvalue weighted by Gasteiger charge is 2.58. The molecule has 0 unspecified atom stereocenters. The van der Waals surface area contributed by atoms with Crippen LogP contribution in [0.1, 0.15) is 36.9 Å². The Morgan fingerprint density at radius 2 is 1.77 bits per heavy atom. The van der Waals surface area contributed by atoms with Crippen LogP contribution < -0.4 is 4.90 Å². The van der Waals surface area contributed by atoms with Crippen molar-refractivity contribution < 1.29 is 9.59 Å². The molecule has 0 N–H and O–H groups in total. The number of benzene rings is 1. The third-order valence-electron chi connectivity index (χ3n) is 6.71. The summed E-state index contributed by atoms with van der Waals surface area (Å²) in [5.41, 5.74) is 0.610. The van der Waals surface area contributed by atoms with E-state index in [4.69, 9.17) is 5.26 Å². The fourth-order valence-corrected chi connectivity index (χ4v) is 4.74. The molecule has 7 heteroatoms. The summed E-state index contributed by atoms with van der Waals surface area (Å²) in [6, 6.07) is 17.2. The molecule has 1 aliphatic carbocycles. The van der Waals surface area contributed by atoms with Gasteiger partial charge < -0.3 is 9.80 Å². The van der Waals surface area contributed by atoms with Crippen LogP contribution in [0, 0.1) is 17.2 Å². The number of aromatic nitrogens is 1. The summed E-state index contributed by atoms with van der Waals surface area (Å²) in [6.07, 6.45) is 3.31. The molecule has 1 saturated carbocycles. The molecule has 1 spiro atoms. The molecule has 158 valence electrons. The molecule has 3 heterocycles. The number of urea groups is 1. The number of rotatable bonds is 5. The van der Waals surface area contributed by atoms with Crippen LogP contribution in [-0.4, -0.2) is 51.9 Å². The lowest BCUT2D eigenvalue weighted by Gasteiger charge is -2.42. The molecule has 31 heavy (non-hydrogen) atoms. The molecule has 3 amide bonds. The highest BCUT2D eigenvalue weighted by atomic mass is 16.2. The van der Waals surface area contributed by atoms with Crippen molar-refractivity contribution in [1.82, 2.24) is 14.8 Å². The van der Waals surface area contributed by atoms with E-state index in [1.54, 1.807) is 6.07 Å². The molecule has 0 atom stereocenters. The Bertz CT molecular complexity index is 1040. The van der Waals surface area contributed by atoms with Crippen LogP contribution in [0.15, 0.2) is 48.5 Å². The molecule has 2 aliphatic heterocycles. The van der Waals surface area contributed by atoms with Gasteiger partial charge in [0.15, 0.2) is 0 Å². The second kappa shape index (κ2) is 7.69. The van der Waals surface area contributed by atoms with Crippen LogP contribution in [0.4, 0.5) is 10.6 Å². The summed E-state index contributed by atoms with van der Waals surface area (Å²) in [5, 5.41) is 9.15. The van der Waals surface area contributed by atoms with Crippen LogP contribution in [0.2, 0.25) is 0 Å². The van der Waals surface area contributed by atoms with E-state index in [1.165, 1.54) is 4.90 Å². The first kappa shape index (κ1) is 19.6. The van der Waals surface area contributed by atoms with E-state index in [1.807, 2.05) is 47.4 Å². The molecule has 2 saturated heterocycles. The smallest absolute Gasteiger partial charge is 0.327 e. The Kier molecular flexibility index (Phi) is 4.85. The van der Waals surface area contributed by atoms with E-state index in [9.17, 15) is 9.59 Å². The predicted molar refractivity (Wildman–Crippen MR) is 115 cm³/mol. The minimum atomic E-state index is -0.800. The summed E-state index contributed by atoms with van der Waals surface area (Å²) in [7, 11) is 0. The summed E-state index contributed by atoms with van der Waals surface area (Å²) >= 11 is 0. The summed E-state index contributed by atoms with van der Waals surface area (Å²) in [6.45, 7) is 2.21. The molecule has 3 fully saturated rings. The van der Waals surface area contributed by atoms with Crippen LogP contribution in [0.3, 0.4) is 0 Å². The van der Waals surface area contributed by atoms with E-state index in [0.29, 0.717) is 50.6 Å². The highest BCUT2D eigenvalue weighted by Crippen LogP contribution is 2.41. The van der Waals surface area contributed by atoms with Gasteiger partial charge >= 0.3 is 6.03 Å². The number of carbonyl (C=O) groups is 2. The van der Waals surface area contributed by atoms with Crippen molar-refractivity contribution in [2.45, 2.75) is 37.8 Å². The Morgan fingerprint density at radius 1 is 1.03 bits per heavy atom. The van der Waals surface area contributed by atoms with Gasteiger partial charge in [-0.3, -0.25) is 9.69 Å². The number of carbonyl (C=O) groups excluding carboxylic acids is 2. The quantitative estimate of drug-likeness (QED) is 0.701. The standard InChI is InChI=1S/C24H25N5O2/c25-15-20-7-4-8-21(26-20)27-13-11-24(12-14-27)22(30)28(16-19-9-10-19)23(31)29(24)17-18-5-2-1-3-6-18/h1-8,19H,9-14,16-17H2. The first-order chi connectivity index (χ1) is 15.1. The minimum absolute atomic E-state index is 0.0429.